The predicted octanol–water partition coefficient (Wildman–Crippen LogP) is 6.33. The van der Waals surface area contributed by atoms with Gasteiger partial charge in [0.15, 0.2) is 5.82 Å². The van der Waals surface area contributed by atoms with E-state index in [0.29, 0.717) is 24.0 Å². The lowest BCUT2D eigenvalue weighted by Crippen LogP contribution is -2.30. The number of aryl methyl sites for hydroxylation is 1. The summed E-state index contributed by atoms with van der Waals surface area (Å²) in [6, 6.07) is 10.1. The number of fused-ring (bicyclic) bond motifs is 1. The van der Waals surface area contributed by atoms with Gasteiger partial charge in [0.1, 0.15) is 12.4 Å². The summed E-state index contributed by atoms with van der Waals surface area (Å²) >= 11 is 0. The van der Waals surface area contributed by atoms with E-state index in [9.17, 15) is 13.2 Å². The molecule has 0 spiro atoms. The average molecular weight is 495 g/mol. The van der Waals surface area contributed by atoms with Gasteiger partial charge in [0.2, 0.25) is 0 Å². The molecule has 34 heavy (non-hydrogen) atoms. The van der Waals surface area contributed by atoms with Gasteiger partial charge >= 0.3 is 6.18 Å². The molecule has 1 aliphatic rings. The van der Waals surface area contributed by atoms with Gasteiger partial charge < -0.3 is 15.0 Å². The quantitative estimate of drug-likeness (QED) is 0.433. The number of nitrogens with one attached hydrogen (secondary N) is 1. The van der Waals surface area contributed by atoms with E-state index in [-0.39, 0.29) is 18.0 Å². The zero-order chi connectivity index (χ0) is 23.8. The van der Waals surface area contributed by atoms with Crippen molar-refractivity contribution in [3.8, 4) is 5.75 Å². The van der Waals surface area contributed by atoms with Crippen LogP contribution in [-0.4, -0.2) is 41.3 Å². The number of rotatable bonds is 6. The molecule has 1 saturated heterocycles. The Morgan fingerprint density at radius 3 is 2.59 bits per heavy atom. The number of hydrogen-bond acceptors (Lipinski definition) is 5. The molecule has 184 valence electrons. The third kappa shape index (κ3) is 5.39. The van der Waals surface area contributed by atoms with E-state index in [2.05, 4.69) is 27.5 Å². The Labute approximate surface area is 204 Å². The summed E-state index contributed by atoms with van der Waals surface area (Å²) in [5.74, 6) is 1.25. The molecule has 2 heterocycles. The number of alkyl halides is 3. The molecule has 1 N–H and O–H groups in total. The molecule has 4 rings (SSSR count). The van der Waals surface area contributed by atoms with Crippen LogP contribution in [0, 0.1) is 13.8 Å². The highest BCUT2D eigenvalue weighted by Crippen LogP contribution is 2.36. The third-order valence-electron chi connectivity index (χ3n) is 6.55. The van der Waals surface area contributed by atoms with Crippen LogP contribution in [-0.2, 0) is 6.18 Å². The van der Waals surface area contributed by atoms with E-state index in [1.807, 2.05) is 32.0 Å². The lowest BCUT2D eigenvalue weighted by atomic mass is 9.97. The van der Waals surface area contributed by atoms with Crippen LogP contribution in [0.2, 0.25) is 0 Å². The summed E-state index contributed by atoms with van der Waals surface area (Å²) in [5.41, 5.74) is 0.928. The minimum Gasteiger partial charge on any atom is -0.492 e. The van der Waals surface area contributed by atoms with Crippen molar-refractivity contribution in [2.45, 2.75) is 51.9 Å². The van der Waals surface area contributed by atoms with Crippen molar-refractivity contribution in [1.82, 2.24) is 15.1 Å². The zero-order valence-electron chi connectivity index (χ0n) is 19.7. The standard InChI is InChI=1S/C25H29F3N4O.ClH/c1-15-20(8-5-9-23(15)25(26,27)28)16(2)29-24-22-13-19(10-11-21(22)17(3)30-31-24)33-14-18-7-6-12-32(18)4;/h5,8-11,13,16,18H,6-7,12,14H2,1-4H3,(H,29,31);1H/t16-,18+;/m1./s1. The molecule has 1 aliphatic heterocycles. The van der Waals surface area contributed by atoms with Crippen molar-refractivity contribution in [3.63, 3.8) is 0 Å². The zero-order valence-corrected chi connectivity index (χ0v) is 20.6. The predicted molar refractivity (Wildman–Crippen MR) is 131 cm³/mol. The third-order valence-corrected chi connectivity index (χ3v) is 6.55. The van der Waals surface area contributed by atoms with Crippen LogP contribution >= 0.6 is 12.4 Å². The van der Waals surface area contributed by atoms with Gasteiger partial charge in [0.05, 0.1) is 17.3 Å². The highest BCUT2D eigenvalue weighted by atomic mass is 35.5. The van der Waals surface area contributed by atoms with Crippen molar-refractivity contribution < 1.29 is 17.9 Å². The number of ether oxygens (including phenoxy) is 1. The Hall–Kier alpha value is -2.58. The van der Waals surface area contributed by atoms with E-state index in [1.54, 1.807) is 6.07 Å². The van der Waals surface area contributed by atoms with E-state index in [1.165, 1.54) is 19.4 Å². The summed E-state index contributed by atoms with van der Waals surface area (Å²) in [5, 5.41) is 13.6. The monoisotopic (exact) mass is 494 g/mol. The molecule has 0 saturated carbocycles. The van der Waals surface area contributed by atoms with Gasteiger partial charge in [0.25, 0.3) is 0 Å². The summed E-state index contributed by atoms with van der Waals surface area (Å²) < 4.78 is 46.2. The number of nitrogens with zero attached hydrogens (tertiary/aromatic N) is 3. The number of hydrogen-bond donors (Lipinski definition) is 1. The maximum atomic E-state index is 13.4. The molecule has 0 amide bonds. The first-order chi connectivity index (χ1) is 15.6. The molecule has 5 nitrogen and oxygen atoms in total. The normalized spacial score (nSPS) is 17.4. The molecule has 9 heteroatoms. The van der Waals surface area contributed by atoms with Crippen molar-refractivity contribution in [3.05, 3.63) is 58.8 Å². The molecular weight excluding hydrogens is 465 g/mol. The van der Waals surface area contributed by atoms with Crippen molar-refractivity contribution >= 4 is 29.0 Å². The Kier molecular flexibility index (Phi) is 7.93. The molecule has 2 aromatic carbocycles. The van der Waals surface area contributed by atoms with E-state index in [4.69, 9.17) is 4.74 Å². The smallest absolute Gasteiger partial charge is 0.416 e. The van der Waals surface area contributed by atoms with Crippen LogP contribution < -0.4 is 10.1 Å². The number of anilines is 1. The maximum absolute atomic E-state index is 13.4. The fourth-order valence-electron chi connectivity index (χ4n) is 4.56. The Morgan fingerprint density at radius 1 is 1.15 bits per heavy atom. The SMILES string of the molecule is Cc1c([C@@H](C)Nc2nnc(C)c3ccc(OC[C@@H]4CCCN4C)cc23)cccc1C(F)(F)F.Cl. The van der Waals surface area contributed by atoms with Crippen LogP contribution in [0.5, 0.6) is 5.75 Å². The lowest BCUT2D eigenvalue weighted by Gasteiger charge is -2.21. The van der Waals surface area contributed by atoms with Crippen molar-refractivity contribution in [2.24, 2.45) is 0 Å². The Bertz CT molecular complexity index is 1150. The molecule has 3 aromatic rings. The summed E-state index contributed by atoms with van der Waals surface area (Å²) in [6.07, 6.45) is -2.09. The summed E-state index contributed by atoms with van der Waals surface area (Å²) in [6.45, 7) is 6.91. The first kappa shape index (κ1) is 26.0. The van der Waals surface area contributed by atoms with Gasteiger partial charge in [-0.05, 0) is 82.6 Å². The summed E-state index contributed by atoms with van der Waals surface area (Å²) in [7, 11) is 2.11. The first-order valence-corrected chi connectivity index (χ1v) is 11.2. The Balaban J connectivity index is 0.00000324. The largest absolute Gasteiger partial charge is 0.492 e. The van der Waals surface area contributed by atoms with Gasteiger partial charge in [-0.2, -0.15) is 18.3 Å². The van der Waals surface area contributed by atoms with Crippen LogP contribution in [0.1, 0.15) is 48.2 Å². The number of likely N-dealkylation sites (N-methyl/N-ethyl adjacent to an activating group) is 1. The molecule has 0 bridgehead atoms. The second kappa shape index (κ2) is 10.4. The van der Waals surface area contributed by atoms with E-state index >= 15 is 0 Å². The van der Waals surface area contributed by atoms with Gasteiger partial charge in [-0.15, -0.1) is 17.5 Å². The number of benzene rings is 2. The van der Waals surface area contributed by atoms with Crippen LogP contribution in [0.25, 0.3) is 10.8 Å². The second-order valence-electron chi connectivity index (χ2n) is 8.81. The van der Waals surface area contributed by atoms with Crippen molar-refractivity contribution in [2.75, 3.05) is 25.5 Å². The minimum absolute atomic E-state index is 0. The van der Waals surface area contributed by atoms with E-state index in [0.717, 1.165) is 41.2 Å². The lowest BCUT2D eigenvalue weighted by molar-refractivity contribution is -0.138. The number of aromatic nitrogens is 2. The number of halogens is 4. The topological polar surface area (TPSA) is 50.3 Å². The van der Waals surface area contributed by atoms with Gasteiger partial charge in [0, 0.05) is 16.8 Å². The molecule has 2 atom stereocenters. The highest BCUT2D eigenvalue weighted by molar-refractivity contribution is 5.94. The Morgan fingerprint density at radius 2 is 1.91 bits per heavy atom. The first-order valence-electron chi connectivity index (χ1n) is 11.2. The van der Waals surface area contributed by atoms with Gasteiger partial charge in [-0.3, -0.25) is 0 Å². The number of likely N-dealkylation sites (tertiary alicyclic amines) is 1. The minimum atomic E-state index is -4.39. The molecule has 0 unspecified atom stereocenters. The molecule has 1 aromatic heterocycles. The molecule has 1 fully saturated rings. The average Bonchev–Trinajstić information content (AvgIpc) is 3.18. The fraction of sp³-hybridized carbons (Fsp3) is 0.440. The van der Waals surface area contributed by atoms with Crippen LogP contribution in [0.3, 0.4) is 0 Å². The maximum Gasteiger partial charge on any atom is 0.416 e. The molecule has 0 aliphatic carbocycles. The summed E-state index contributed by atoms with van der Waals surface area (Å²) in [4.78, 5) is 2.31. The van der Waals surface area contributed by atoms with Crippen molar-refractivity contribution in [1.29, 1.82) is 0 Å². The molecule has 0 radical (unpaired) electrons. The van der Waals surface area contributed by atoms with Crippen LogP contribution in [0.4, 0.5) is 19.0 Å². The highest BCUT2D eigenvalue weighted by Gasteiger charge is 2.33. The molecular formula is C25H30ClF3N4O. The van der Waals surface area contributed by atoms with Crippen LogP contribution in [0.15, 0.2) is 36.4 Å². The van der Waals surface area contributed by atoms with Gasteiger partial charge in [-0.1, -0.05) is 12.1 Å². The van der Waals surface area contributed by atoms with Gasteiger partial charge in [-0.25, -0.2) is 0 Å². The fourth-order valence-corrected chi connectivity index (χ4v) is 4.56. The van der Waals surface area contributed by atoms with E-state index < -0.39 is 17.8 Å². The second-order valence-corrected chi connectivity index (χ2v) is 8.81.